The van der Waals surface area contributed by atoms with Crippen molar-refractivity contribution in [3.05, 3.63) is 35.9 Å². The highest BCUT2D eigenvalue weighted by atomic mass is 16.7. The van der Waals surface area contributed by atoms with Gasteiger partial charge >= 0.3 is 0 Å². The van der Waals surface area contributed by atoms with Crippen molar-refractivity contribution in [3.8, 4) is 0 Å². The molecule has 1 fully saturated rings. The van der Waals surface area contributed by atoms with E-state index in [-0.39, 0.29) is 12.4 Å². The molecular formula is C20H33NO2. The Kier molecular flexibility index (Phi) is 7.54. The summed E-state index contributed by atoms with van der Waals surface area (Å²) < 4.78 is 11.9. The van der Waals surface area contributed by atoms with Gasteiger partial charge in [0.1, 0.15) is 0 Å². The van der Waals surface area contributed by atoms with Crippen molar-refractivity contribution in [3.63, 3.8) is 0 Å². The zero-order chi connectivity index (χ0) is 16.7. The Bertz CT molecular complexity index is 427. The van der Waals surface area contributed by atoms with Gasteiger partial charge in [-0.3, -0.25) is 0 Å². The molecule has 1 saturated carbocycles. The van der Waals surface area contributed by atoms with E-state index in [9.17, 15) is 0 Å². The fourth-order valence-corrected chi connectivity index (χ4v) is 3.68. The summed E-state index contributed by atoms with van der Waals surface area (Å²) in [7, 11) is 4.39. The first kappa shape index (κ1) is 18.4. The third-order valence-corrected chi connectivity index (χ3v) is 5.04. The van der Waals surface area contributed by atoms with Crippen molar-refractivity contribution in [2.24, 2.45) is 5.92 Å². The summed E-state index contributed by atoms with van der Waals surface area (Å²) in [5.74, 6) is 0.634. The predicted molar refractivity (Wildman–Crippen MR) is 95.5 cm³/mol. The summed E-state index contributed by atoms with van der Waals surface area (Å²) in [6.45, 7) is 4.74. The minimum Gasteiger partial charge on any atom is -0.353 e. The second-order valence-electron chi connectivity index (χ2n) is 6.92. The second-order valence-corrected chi connectivity index (χ2v) is 6.92. The Morgan fingerprint density at radius 1 is 1.09 bits per heavy atom. The van der Waals surface area contributed by atoms with Crippen LogP contribution in [0.3, 0.4) is 0 Å². The van der Waals surface area contributed by atoms with Gasteiger partial charge in [0, 0.05) is 12.6 Å². The van der Waals surface area contributed by atoms with E-state index in [1.807, 2.05) is 13.8 Å². The SMILES string of the molecule is CCOC(C)OC(Cc1ccccc1)C1CCC(N(C)C)CC1. The number of hydrogen-bond acceptors (Lipinski definition) is 3. The maximum atomic E-state index is 6.29. The zero-order valence-corrected chi connectivity index (χ0v) is 15.2. The lowest BCUT2D eigenvalue weighted by atomic mass is 9.80. The van der Waals surface area contributed by atoms with Crippen LogP contribution in [0, 0.1) is 5.92 Å². The standard InChI is InChI=1S/C20H33NO2/c1-5-22-16(2)23-20(15-17-9-7-6-8-10-17)18-11-13-19(14-12-18)21(3)4/h6-10,16,18-20H,5,11-15H2,1-4H3. The molecule has 3 nitrogen and oxygen atoms in total. The third kappa shape index (κ3) is 5.91. The molecule has 1 aliphatic carbocycles. The van der Waals surface area contributed by atoms with Gasteiger partial charge in [0.25, 0.3) is 0 Å². The van der Waals surface area contributed by atoms with Crippen LogP contribution in [-0.2, 0) is 15.9 Å². The van der Waals surface area contributed by atoms with Crippen molar-refractivity contribution in [2.45, 2.75) is 64.4 Å². The molecule has 0 amide bonds. The van der Waals surface area contributed by atoms with E-state index in [0.717, 1.165) is 12.5 Å². The quantitative estimate of drug-likeness (QED) is 0.673. The molecule has 2 atom stereocenters. The van der Waals surface area contributed by atoms with Gasteiger partial charge in [0.2, 0.25) is 0 Å². The summed E-state index contributed by atoms with van der Waals surface area (Å²) in [6, 6.07) is 11.4. The first-order valence-electron chi connectivity index (χ1n) is 9.07. The summed E-state index contributed by atoms with van der Waals surface area (Å²) in [5, 5.41) is 0. The van der Waals surface area contributed by atoms with Crippen LogP contribution in [0.2, 0.25) is 0 Å². The summed E-state index contributed by atoms with van der Waals surface area (Å²) in [5.41, 5.74) is 1.36. The van der Waals surface area contributed by atoms with Crippen LogP contribution in [0.4, 0.5) is 0 Å². The number of hydrogen-bond donors (Lipinski definition) is 0. The van der Waals surface area contributed by atoms with Crippen molar-refractivity contribution < 1.29 is 9.47 Å². The van der Waals surface area contributed by atoms with Crippen LogP contribution in [0.15, 0.2) is 30.3 Å². The molecule has 3 heteroatoms. The molecule has 0 radical (unpaired) electrons. The van der Waals surface area contributed by atoms with Gasteiger partial charge in [-0.1, -0.05) is 30.3 Å². The number of nitrogens with zero attached hydrogens (tertiary/aromatic N) is 1. The first-order chi connectivity index (χ1) is 11.1. The molecule has 0 saturated heterocycles. The van der Waals surface area contributed by atoms with Crippen molar-refractivity contribution >= 4 is 0 Å². The Balaban J connectivity index is 1.98. The molecule has 0 N–H and O–H groups in total. The van der Waals surface area contributed by atoms with Gasteiger partial charge in [-0.05, 0) is 71.5 Å². The van der Waals surface area contributed by atoms with Crippen molar-refractivity contribution in [1.29, 1.82) is 0 Å². The van der Waals surface area contributed by atoms with E-state index in [4.69, 9.17) is 9.47 Å². The molecule has 0 bridgehead atoms. The van der Waals surface area contributed by atoms with E-state index in [0.29, 0.717) is 12.5 Å². The molecule has 2 rings (SSSR count). The van der Waals surface area contributed by atoms with Crippen molar-refractivity contribution in [1.82, 2.24) is 4.90 Å². The molecule has 2 unspecified atom stereocenters. The zero-order valence-electron chi connectivity index (χ0n) is 15.2. The average Bonchev–Trinajstić information content (AvgIpc) is 2.55. The maximum Gasteiger partial charge on any atom is 0.155 e. The minimum atomic E-state index is -0.125. The van der Waals surface area contributed by atoms with E-state index in [1.54, 1.807) is 0 Å². The number of ether oxygens (including phenoxy) is 2. The lowest BCUT2D eigenvalue weighted by molar-refractivity contribution is -0.172. The van der Waals surface area contributed by atoms with Crippen LogP contribution in [0.5, 0.6) is 0 Å². The Morgan fingerprint density at radius 2 is 1.74 bits per heavy atom. The normalized spacial score (nSPS) is 24.6. The van der Waals surface area contributed by atoms with Crippen LogP contribution >= 0.6 is 0 Å². The minimum absolute atomic E-state index is 0.125. The Labute approximate surface area is 142 Å². The lowest BCUT2D eigenvalue weighted by Crippen LogP contribution is -2.38. The van der Waals surface area contributed by atoms with Crippen molar-refractivity contribution in [2.75, 3.05) is 20.7 Å². The largest absolute Gasteiger partial charge is 0.353 e. The van der Waals surface area contributed by atoms with Gasteiger partial charge < -0.3 is 14.4 Å². The maximum absolute atomic E-state index is 6.29. The highest BCUT2D eigenvalue weighted by Crippen LogP contribution is 2.32. The molecular weight excluding hydrogens is 286 g/mol. The molecule has 0 aromatic heterocycles. The monoisotopic (exact) mass is 319 g/mol. The Hall–Kier alpha value is -0.900. The van der Waals surface area contributed by atoms with E-state index >= 15 is 0 Å². The molecule has 1 aliphatic rings. The Morgan fingerprint density at radius 3 is 2.30 bits per heavy atom. The first-order valence-corrected chi connectivity index (χ1v) is 9.07. The molecule has 23 heavy (non-hydrogen) atoms. The van der Waals surface area contributed by atoms with E-state index in [1.165, 1.54) is 31.2 Å². The molecule has 0 aliphatic heterocycles. The third-order valence-electron chi connectivity index (χ3n) is 5.04. The smallest absolute Gasteiger partial charge is 0.155 e. The van der Waals surface area contributed by atoms with Crippen LogP contribution in [-0.4, -0.2) is 44.0 Å². The molecule has 0 heterocycles. The molecule has 1 aromatic rings. The summed E-state index contributed by atoms with van der Waals surface area (Å²) in [4.78, 5) is 2.37. The van der Waals surface area contributed by atoms with E-state index in [2.05, 4.69) is 49.3 Å². The van der Waals surface area contributed by atoms with Crippen LogP contribution in [0.1, 0.15) is 45.1 Å². The number of rotatable bonds is 8. The highest BCUT2D eigenvalue weighted by molar-refractivity contribution is 5.15. The van der Waals surface area contributed by atoms with Gasteiger partial charge in [-0.2, -0.15) is 0 Å². The fourth-order valence-electron chi connectivity index (χ4n) is 3.68. The summed E-state index contributed by atoms with van der Waals surface area (Å²) in [6.07, 6.45) is 6.15. The molecule has 1 aromatic carbocycles. The van der Waals surface area contributed by atoms with Crippen LogP contribution < -0.4 is 0 Å². The van der Waals surface area contributed by atoms with Gasteiger partial charge in [0.15, 0.2) is 6.29 Å². The average molecular weight is 319 g/mol. The summed E-state index contributed by atoms with van der Waals surface area (Å²) >= 11 is 0. The van der Waals surface area contributed by atoms with Gasteiger partial charge in [0.05, 0.1) is 6.10 Å². The van der Waals surface area contributed by atoms with E-state index < -0.39 is 0 Å². The topological polar surface area (TPSA) is 21.7 Å². The van der Waals surface area contributed by atoms with Crippen LogP contribution in [0.25, 0.3) is 0 Å². The predicted octanol–water partition coefficient (Wildman–Crippen LogP) is 4.12. The fraction of sp³-hybridized carbons (Fsp3) is 0.700. The molecule has 130 valence electrons. The second kappa shape index (κ2) is 9.41. The molecule has 0 spiro atoms. The lowest BCUT2D eigenvalue weighted by Gasteiger charge is -2.37. The number of benzene rings is 1. The van der Waals surface area contributed by atoms with Gasteiger partial charge in [-0.15, -0.1) is 0 Å². The highest BCUT2D eigenvalue weighted by Gasteiger charge is 2.30. The van der Waals surface area contributed by atoms with Gasteiger partial charge in [-0.25, -0.2) is 0 Å².